The largest absolute Gasteiger partial charge is 0.483 e. The highest BCUT2D eigenvalue weighted by Gasteiger charge is 2.16. The second-order valence-electron chi connectivity index (χ2n) is 6.60. The minimum absolute atomic E-state index is 0.115. The number of ether oxygens (including phenoxy) is 1. The molecular formula is C21H23ClN2O4. The lowest BCUT2D eigenvalue weighted by molar-refractivity contribution is -0.135. The molecule has 0 radical (unpaired) electrons. The zero-order chi connectivity index (χ0) is 20.8. The Morgan fingerprint density at radius 2 is 1.82 bits per heavy atom. The van der Waals surface area contributed by atoms with Gasteiger partial charge >= 0.3 is 0 Å². The summed E-state index contributed by atoms with van der Waals surface area (Å²) in [5.74, 6) is -0.634. The van der Waals surface area contributed by atoms with Crippen LogP contribution in [0.5, 0.6) is 5.75 Å². The Morgan fingerprint density at radius 1 is 1.11 bits per heavy atom. The van der Waals surface area contributed by atoms with Crippen LogP contribution < -0.4 is 10.1 Å². The number of halogens is 1. The molecule has 0 aliphatic rings. The summed E-state index contributed by atoms with van der Waals surface area (Å²) in [4.78, 5) is 37.5. The van der Waals surface area contributed by atoms with Gasteiger partial charge < -0.3 is 15.0 Å². The number of amides is 2. The van der Waals surface area contributed by atoms with Gasteiger partial charge in [0.2, 0.25) is 5.91 Å². The van der Waals surface area contributed by atoms with Crippen molar-refractivity contribution in [3.63, 3.8) is 0 Å². The summed E-state index contributed by atoms with van der Waals surface area (Å²) in [6.45, 7) is 4.82. The molecule has 2 aromatic rings. The lowest BCUT2D eigenvalue weighted by atomic mass is 10.1. The molecule has 2 amide bonds. The molecule has 0 fully saturated rings. The number of rotatable bonds is 7. The highest BCUT2D eigenvalue weighted by molar-refractivity contribution is 6.31. The van der Waals surface area contributed by atoms with Gasteiger partial charge in [-0.15, -0.1) is 0 Å². The molecule has 0 heterocycles. The van der Waals surface area contributed by atoms with Gasteiger partial charge in [-0.1, -0.05) is 23.7 Å². The van der Waals surface area contributed by atoms with E-state index in [1.54, 1.807) is 12.1 Å². The average Bonchev–Trinajstić information content (AvgIpc) is 2.63. The molecule has 2 aromatic carbocycles. The SMILES string of the molecule is CC(=O)c1cc(Cl)ccc1OCC(=O)N(C)CC(=O)Nc1cc(C)ccc1C. The quantitative estimate of drug-likeness (QED) is 0.717. The van der Waals surface area contributed by atoms with Gasteiger partial charge in [0.15, 0.2) is 12.4 Å². The third-order valence-corrected chi connectivity index (χ3v) is 4.38. The number of likely N-dealkylation sites (N-methyl/N-ethyl adjacent to an activating group) is 1. The van der Waals surface area contributed by atoms with Crippen molar-refractivity contribution in [1.29, 1.82) is 0 Å². The Hall–Kier alpha value is -2.86. The second-order valence-corrected chi connectivity index (χ2v) is 7.04. The fourth-order valence-electron chi connectivity index (χ4n) is 2.52. The van der Waals surface area contributed by atoms with Crippen molar-refractivity contribution in [2.75, 3.05) is 25.5 Å². The predicted octanol–water partition coefficient (Wildman–Crippen LogP) is 3.64. The Labute approximate surface area is 169 Å². The molecule has 0 aliphatic carbocycles. The standard InChI is InChI=1S/C21H23ClN2O4/c1-13-5-6-14(2)18(9-13)23-20(26)11-24(4)21(27)12-28-19-8-7-16(22)10-17(19)15(3)25/h5-10H,11-12H2,1-4H3,(H,23,26). The topological polar surface area (TPSA) is 75.7 Å². The smallest absolute Gasteiger partial charge is 0.260 e. The maximum Gasteiger partial charge on any atom is 0.260 e. The van der Waals surface area contributed by atoms with E-state index in [9.17, 15) is 14.4 Å². The van der Waals surface area contributed by atoms with E-state index in [0.717, 1.165) is 16.8 Å². The Kier molecular flexibility index (Phi) is 7.18. The summed E-state index contributed by atoms with van der Waals surface area (Å²) in [5, 5.41) is 3.21. The third kappa shape index (κ3) is 5.82. The number of Topliss-reactive ketones (excluding diaryl/α,β-unsaturated/α-hetero) is 1. The van der Waals surface area contributed by atoms with E-state index in [1.807, 2.05) is 32.0 Å². The monoisotopic (exact) mass is 402 g/mol. The number of hydrogen-bond donors (Lipinski definition) is 1. The van der Waals surface area contributed by atoms with Crippen molar-refractivity contribution in [2.45, 2.75) is 20.8 Å². The summed E-state index contributed by atoms with van der Waals surface area (Å²) in [6.07, 6.45) is 0. The number of carbonyl (C=O) groups excluding carboxylic acids is 3. The molecule has 2 rings (SSSR count). The van der Waals surface area contributed by atoms with Gasteiger partial charge in [-0.25, -0.2) is 0 Å². The van der Waals surface area contributed by atoms with Gasteiger partial charge in [0.05, 0.1) is 12.1 Å². The zero-order valence-electron chi connectivity index (χ0n) is 16.3. The first-order chi connectivity index (χ1) is 13.2. The van der Waals surface area contributed by atoms with Crippen LogP contribution in [0.25, 0.3) is 0 Å². The van der Waals surface area contributed by atoms with E-state index < -0.39 is 0 Å². The minimum Gasteiger partial charge on any atom is -0.483 e. The van der Waals surface area contributed by atoms with Gasteiger partial charge in [-0.3, -0.25) is 14.4 Å². The lowest BCUT2D eigenvalue weighted by Gasteiger charge is -2.18. The first-order valence-electron chi connectivity index (χ1n) is 8.71. The summed E-state index contributed by atoms with van der Waals surface area (Å²) < 4.78 is 5.47. The van der Waals surface area contributed by atoms with Gasteiger partial charge in [0.25, 0.3) is 5.91 Å². The van der Waals surface area contributed by atoms with Crippen molar-refractivity contribution in [1.82, 2.24) is 4.90 Å². The van der Waals surface area contributed by atoms with Crippen LogP contribution in [0.15, 0.2) is 36.4 Å². The van der Waals surface area contributed by atoms with E-state index in [-0.39, 0.29) is 36.5 Å². The van der Waals surface area contributed by atoms with Crippen LogP contribution >= 0.6 is 11.6 Å². The first-order valence-corrected chi connectivity index (χ1v) is 9.09. The average molecular weight is 403 g/mol. The van der Waals surface area contributed by atoms with Gasteiger partial charge in [-0.05, 0) is 56.2 Å². The molecule has 28 heavy (non-hydrogen) atoms. The van der Waals surface area contributed by atoms with E-state index in [4.69, 9.17) is 16.3 Å². The number of nitrogens with zero attached hydrogens (tertiary/aromatic N) is 1. The maximum atomic E-state index is 12.3. The Balaban J connectivity index is 1.93. The van der Waals surface area contributed by atoms with Crippen LogP contribution in [0.4, 0.5) is 5.69 Å². The summed E-state index contributed by atoms with van der Waals surface area (Å²) in [6, 6.07) is 10.4. The molecule has 0 aromatic heterocycles. The predicted molar refractivity (Wildman–Crippen MR) is 109 cm³/mol. The summed E-state index contributed by atoms with van der Waals surface area (Å²) in [5.41, 5.74) is 2.99. The molecule has 1 N–H and O–H groups in total. The minimum atomic E-state index is -0.388. The molecule has 148 valence electrons. The fraction of sp³-hybridized carbons (Fsp3) is 0.286. The van der Waals surface area contributed by atoms with Gasteiger partial charge in [0.1, 0.15) is 5.75 Å². The van der Waals surface area contributed by atoms with Gasteiger partial charge in [-0.2, -0.15) is 0 Å². The highest BCUT2D eigenvalue weighted by atomic mass is 35.5. The van der Waals surface area contributed by atoms with Crippen LogP contribution in [0.3, 0.4) is 0 Å². The van der Waals surface area contributed by atoms with Crippen molar-refractivity contribution >= 4 is 34.9 Å². The fourth-order valence-corrected chi connectivity index (χ4v) is 2.69. The van der Waals surface area contributed by atoms with Crippen LogP contribution in [0, 0.1) is 13.8 Å². The number of carbonyl (C=O) groups is 3. The number of aryl methyl sites for hydroxylation is 2. The molecule has 0 saturated heterocycles. The number of hydrogen-bond acceptors (Lipinski definition) is 4. The molecule has 0 atom stereocenters. The number of benzene rings is 2. The first kappa shape index (κ1) is 21.4. The van der Waals surface area contributed by atoms with Crippen molar-refractivity contribution in [3.05, 3.63) is 58.1 Å². The van der Waals surface area contributed by atoms with E-state index in [0.29, 0.717) is 10.6 Å². The van der Waals surface area contributed by atoms with E-state index in [2.05, 4.69) is 5.32 Å². The van der Waals surface area contributed by atoms with Crippen LogP contribution in [0.1, 0.15) is 28.4 Å². The molecule has 7 heteroatoms. The summed E-state index contributed by atoms with van der Waals surface area (Å²) in [7, 11) is 1.52. The highest BCUT2D eigenvalue weighted by Crippen LogP contribution is 2.23. The van der Waals surface area contributed by atoms with Crippen LogP contribution in [-0.4, -0.2) is 42.7 Å². The maximum absolute atomic E-state index is 12.3. The van der Waals surface area contributed by atoms with Crippen LogP contribution in [-0.2, 0) is 9.59 Å². The normalized spacial score (nSPS) is 10.3. The zero-order valence-corrected chi connectivity index (χ0v) is 17.1. The molecule has 0 spiro atoms. The van der Waals surface area contributed by atoms with Crippen molar-refractivity contribution in [3.8, 4) is 5.75 Å². The second kappa shape index (κ2) is 9.37. The van der Waals surface area contributed by atoms with Crippen molar-refractivity contribution in [2.24, 2.45) is 0 Å². The Morgan fingerprint density at radius 3 is 2.50 bits per heavy atom. The van der Waals surface area contributed by atoms with Crippen molar-refractivity contribution < 1.29 is 19.1 Å². The molecular weight excluding hydrogens is 380 g/mol. The molecule has 6 nitrogen and oxygen atoms in total. The molecule has 0 unspecified atom stereocenters. The third-order valence-electron chi connectivity index (χ3n) is 4.15. The lowest BCUT2D eigenvalue weighted by Crippen LogP contribution is -2.37. The van der Waals surface area contributed by atoms with Gasteiger partial charge in [0, 0.05) is 17.8 Å². The Bertz CT molecular complexity index is 911. The number of anilines is 1. The number of nitrogens with one attached hydrogen (secondary N) is 1. The summed E-state index contributed by atoms with van der Waals surface area (Å²) >= 11 is 5.89. The number of ketones is 1. The van der Waals surface area contributed by atoms with Crippen LogP contribution in [0.2, 0.25) is 5.02 Å². The molecule has 0 aliphatic heterocycles. The van der Waals surface area contributed by atoms with E-state index in [1.165, 1.54) is 24.9 Å². The molecule has 0 bridgehead atoms. The van der Waals surface area contributed by atoms with E-state index >= 15 is 0 Å². The molecule has 0 saturated carbocycles.